The summed E-state index contributed by atoms with van der Waals surface area (Å²) in [5.74, 6) is -0.197. The lowest BCUT2D eigenvalue weighted by Crippen LogP contribution is -2.36. The third-order valence-corrected chi connectivity index (χ3v) is 4.55. The van der Waals surface area contributed by atoms with Gasteiger partial charge in [0.2, 0.25) is 0 Å². The van der Waals surface area contributed by atoms with Gasteiger partial charge in [0.05, 0.1) is 0 Å². The van der Waals surface area contributed by atoms with Crippen molar-refractivity contribution in [1.29, 1.82) is 0 Å². The number of hydrogen-bond acceptors (Lipinski definition) is 3. The summed E-state index contributed by atoms with van der Waals surface area (Å²) >= 11 is 0. The zero-order valence-electron chi connectivity index (χ0n) is 13.3. The lowest BCUT2D eigenvalue weighted by atomic mass is 9.95. The van der Waals surface area contributed by atoms with Crippen LogP contribution in [0.3, 0.4) is 0 Å². The molecular weight excluding hydrogens is 292 g/mol. The van der Waals surface area contributed by atoms with Gasteiger partial charge in [-0.15, -0.1) is 0 Å². The molecule has 1 aromatic rings. The average Bonchev–Trinajstić information content (AvgIpc) is 3.11. The van der Waals surface area contributed by atoms with Gasteiger partial charge in [-0.3, -0.25) is 9.59 Å². The van der Waals surface area contributed by atoms with Crippen LogP contribution in [-0.2, 0) is 9.53 Å². The Hall–Kier alpha value is -1.88. The van der Waals surface area contributed by atoms with Gasteiger partial charge in [0, 0.05) is 23.9 Å². The first kappa shape index (κ1) is 16.0. The monoisotopic (exact) mass is 316 g/mol. The number of amides is 2. The maximum Gasteiger partial charge on any atom is 0.253 e. The molecule has 1 saturated carbocycles. The van der Waals surface area contributed by atoms with Crippen LogP contribution in [0.1, 0.15) is 55.3 Å². The third kappa shape index (κ3) is 4.32. The van der Waals surface area contributed by atoms with Crippen molar-refractivity contribution >= 4 is 17.5 Å². The van der Waals surface area contributed by atoms with Gasteiger partial charge in [-0.1, -0.05) is 25.3 Å². The van der Waals surface area contributed by atoms with Gasteiger partial charge >= 0.3 is 0 Å². The second kappa shape index (κ2) is 7.59. The molecule has 5 nitrogen and oxygen atoms in total. The summed E-state index contributed by atoms with van der Waals surface area (Å²) in [4.78, 5) is 24.4. The van der Waals surface area contributed by atoms with E-state index in [9.17, 15) is 9.59 Å². The van der Waals surface area contributed by atoms with E-state index >= 15 is 0 Å². The summed E-state index contributed by atoms with van der Waals surface area (Å²) in [6.45, 7) is 0.641. The van der Waals surface area contributed by atoms with Crippen molar-refractivity contribution in [2.75, 3.05) is 11.9 Å². The van der Waals surface area contributed by atoms with E-state index in [-0.39, 0.29) is 24.0 Å². The molecule has 2 aliphatic rings. The predicted molar refractivity (Wildman–Crippen MR) is 88.4 cm³/mol. The largest absolute Gasteiger partial charge is 0.368 e. The molecule has 1 heterocycles. The Morgan fingerprint density at radius 2 is 1.87 bits per heavy atom. The quantitative estimate of drug-likeness (QED) is 0.897. The minimum absolute atomic E-state index is 0.0647. The summed E-state index contributed by atoms with van der Waals surface area (Å²) < 4.78 is 5.37. The second-order valence-electron chi connectivity index (χ2n) is 6.38. The van der Waals surface area contributed by atoms with Crippen LogP contribution in [0.25, 0.3) is 0 Å². The van der Waals surface area contributed by atoms with Crippen molar-refractivity contribution in [2.24, 2.45) is 0 Å². The number of hydrogen-bond donors (Lipinski definition) is 2. The fourth-order valence-electron chi connectivity index (χ4n) is 3.26. The maximum absolute atomic E-state index is 12.4. The van der Waals surface area contributed by atoms with Gasteiger partial charge in [0.15, 0.2) is 0 Å². The van der Waals surface area contributed by atoms with Gasteiger partial charge in [0.25, 0.3) is 11.8 Å². The Morgan fingerprint density at radius 3 is 2.61 bits per heavy atom. The van der Waals surface area contributed by atoms with Gasteiger partial charge in [0.1, 0.15) is 6.10 Å². The van der Waals surface area contributed by atoms with Crippen LogP contribution >= 0.6 is 0 Å². The molecule has 23 heavy (non-hydrogen) atoms. The van der Waals surface area contributed by atoms with Gasteiger partial charge in [-0.05, 0) is 43.9 Å². The van der Waals surface area contributed by atoms with E-state index in [1.807, 2.05) is 0 Å². The second-order valence-corrected chi connectivity index (χ2v) is 6.38. The van der Waals surface area contributed by atoms with Crippen LogP contribution in [0, 0.1) is 0 Å². The summed E-state index contributed by atoms with van der Waals surface area (Å²) in [6, 6.07) is 7.37. The highest BCUT2D eigenvalue weighted by molar-refractivity contribution is 5.98. The molecule has 0 unspecified atom stereocenters. The maximum atomic E-state index is 12.4. The SMILES string of the molecule is O=C(NC1CCCCC1)c1cccc(NC(=O)[C@H]2CCCO2)c1. The molecule has 0 aromatic heterocycles. The van der Waals surface area contributed by atoms with Crippen LogP contribution in [0.15, 0.2) is 24.3 Å². The molecule has 1 aliphatic carbocycles. The molecule has 3 rings (SSSR count). The Labute approximate surface area is 136 Å². The van der Waals surface area contributed by atoms with E-state index in [0.29, 0.717) is 17.9 Å². The molecule has 2 amide bonds. The number of anilines is 1. The Balaban J connectivity index is 1.59. The molecule has 124 valence electrons. The summed E-state index contributed by atoms with van der Waals surface area (Å²) in [7, 11) is 0. The lowest BCUT2D eigenvalue weighted by molar-refractivity contribution is -0.124. The first-order valence-corrected chi connectivity index (χ1v) is 8.56. The molecule has 2 fully saturated rings. The standard InChI is InChI=1S/C18H24N2O3/c21-17(19-14-7-2-1-3-8-14)13-6-4-9-15(12-13)20-18(22)16-10-5-11-23-16/h4,6,9,12,14,16H,1-3,5,7-8,10-11H2,(H,19,21)(H,20,22)/t16-/m1/s1. The van der Waals surface area contributed by atoms with Crippen molar-refractivity contribution in [3.05, 3.63) is 29.8 Å². The Bertz CT molecular complexity index is 561. The molecule has 0 radical (unpaired) electrons. The smallest absolute Gasteiger partial charge is 0.253 e. The zero-order valence-corrected chi connectivity index (χ0v) is 13.3. The number of nitrogens with one attached hydrogen (secondary N) is 2. The van der Waals surface area contributed by atoms with E-state index in [1.165, 1.54) is 19.3 Å². The van der Waals surface area contributed by atoms with Crippen LogP contribution in [0.4, 0.5) is 5.69 Å². The molecule has 2 N–H and O–H groups in total. The van der Waals surface area contributed by atoms with E-state index in [4.69, 9.17) is 4.74 Å². The van der Waals surface area contributed by atoms with Crippen LogP contribution in [0.5, 0.6) is 0 Å². The summed E-state index contributed by atoms with van der Waals surface area (Å²) in [5.41, 5.74) is 1.22. The highest BCUT2D eigenvalue weighted by atomic mass is 16.5. The molecule has 1 atom stereocenters. The number of carbonyl (C=O) groups excluding carboxylic acids is 2. The molecule has 0 bridgehead atoms. The van der Waals surface area contributed by atoms with Crippen molar-refractivity contribution in [2.45, 2.75) is 57.1 Å². The normalized spacial score (nSPS) is 21.8. The van der Waals surface area contributed by atoms with Gasteiger partial charge in [-0.2, -0.15) is 0 Å². The number of ether oxygens (including phenoxy) is 1. The molecular formula is C18H24N2O3. The summed E-state index contributed by atoms with van der Waals surface area (Å²) in [6.07, 6.45) is 7.05. The molecule has 5 heteroatoms. The van der Waals surface area contributed by atoms with Crippen LogP contribution in [-0.4, -0.2) is 30.6 Å². The van der Waals surface area contributed by atoms with Crippen molar-refractivity contribution in [3.63, 3.8) is 0 Å². The molecule has 1 saturated heterocycles. The highest BCUT2D eigenvalue weighted by Crippen LogP contribution is 2.19. The topological polar surface area (TPSA) is 67.4 Å². The van der Waals surface area contributed by atoms with Gasteiger partial charge < -0.3 is 15.4 Å². The number of rotatable bonds is 4. The fourth-order valence-corrected chi connectivity index (χ4v) is 3.26. The zero-order chi connectivity index (χ0) is 16.1. The highest BCUT2D eigenvalue weighted by Gasteiger charge is 2.23. The molecule has 0 spiro atoms. The van der Waals surface area contributed by atoms with Crippen molar-refractivity contribution in [1.82, 2.24) is 5.32 Å². The average molecular weight is 316 g/mol. The van der Waals surface area contributed by atoms with Crippen molar-refractivity contribution in [3.8, 4) is 0 Å². The number of carbonyl (C=O) groups is 2. The van der Waals surface area contributed by atoms with E-state index in [0.717, 1.165) is 25.7 Å². The predicted octanol–water partition coefficient (Wildman–Crippen LogP) is 2.87. The summed E-state index contributed by atoms with van der Waals surface area (Å²) in [5, 5.41) is 5.93. The minimum Gasteiger partial charge on any atom is -0.368 e. The lowest BCUT2D eigenvalue weighted by Gasteiger charge is -2.22. The minimum atomic E-state index is -0.366. The fraction of sp³-hybridized carbons (Fsp3) is 0.556. The van der Waals surface area contributed by atoms with Gasteiger partial charge in [-0.25, -0.2) is 0 Å². The van der Waals surface area contributed by atoms with E-state index < -0.39 is 0 Å². The Kier molecular flexibility index (Phi) is 5.28. The first-order valence-electron chi connectivity index (χ1n) is 8.56. The van der Waals surface area contributed by atoms with Crippen molar-refractivity contribution < 1.29 is 14.3 Å². The Morgan fingerprint density at radius 1 is 1.04 bits per heavy atom. The van der Waals surface area contributed by atoms with E-state index in [2.05, 4.69) is 10.6 Å². The number of benzene rings is 1. The molecule has 1 aromatic carbocycles. The van der Waals surface area contributed by atoms with Crippen LogP contribution < -0.4 is 10.6 Å². The first-order chi connectivity index (χ1) is 11.2. The molecule has 1 aliphatic heterocycles. The third-order valence-electron chi connectivity index (χ3n) is 4.55. The van der Waals surface area contributed by atoms with E-state index in [1.54, 1.807) is 24.3 Å². The van der Waals surface area contributed by atoms with Crippen LogP contribution in [0.2, 0.25) is 0 Å².